The molecule has 4 heteroatoms. The molecule has 2 saturated carbocycles. The van der Waals surface area contributed by atoms with Gasteiger partial charge in [0.1, 0.15) is 5.82 Å². The molecule has 1 aromatic rings. The number of ketones is 1. The van der Waals surface area contributed by atoms with Crippen molar-refractivity contribution in [3.63, 3.8) is 0 Å². The van der Waals surface area contributed by atoms with Crippen molar-refractivity contribution in [2.24, 2.45) is 11.8 Å². The SMILES string of the molecule is O=C(CCC(=O)c1ccc(F)cc1)NC(C1CC1)C1CC1. The highest BCUT2D eigenvalue weighted by Crippen LogP contribution is 2.44. The van der Waals surface area contributed by atoms with E-state index in [9.17, 15) is 14.0 Å². The molecule has 1 N–H and O–H groups in total. The topological polar surface area (TPSA) is 46.2 Å². The van der Waals surface area contributed by atoms with Crippen molar-refractivity contribution in [2.45, 2.75) is 44.6 Å². The zero-order valence-electron chi connectivity index (χ0n) is 12.0. The van der Waals surface area contributed by atoms with Gasteiger partial charge in [-0.15, -0.1) is 0 Å². The second kappa shape index (κ2) is 5.96. The molecule has 1 aromatic carbocycles. The summed E-state index contributed by atoms with van der Waals surface area (Å²) in [5.41, 5.74) is 0.463. The monoisotopic (exact) mass is 289 g/mol. The van der Waals surface area contributed by atoms with Gasteiger partial charge in [-0.25, -0.2) is 4.39 Å². The lowest BCUT2D eigenvalue weighted by Crippen LogP contribution is -2.38. The van der Waals surface area contributed by atoms with E-state index in [0.29, 0.717) is 23.4 Å². The summed E-state index contributed by atoms with van der Waals surface area (Å²) in [5, 5.41) is 3.11. The van der Waals surface area contributed by atoms with Gasteiger partial charge in [0.15, 0.2) is 5.78 Å². The molecule has 2 aliphatic rings. The van der Waals surface area contributed by atoms with Gasteiger partial charge < -0.3 is 5.32 Å². The number of halogens is 1. The van der Waals surface area contributed by atoms with Crippen LogP contribution in [-0.2, 0) is 4.79 Å². The number of nitrogens with one attached hydrogen (secondary N) is 1. The van der Waals surface area contributed by atoms with Crippen molar-refractivity contribution in [1.82, 2.24) is 5.32 Å². The van der Waals surface area contributed by atoms with E-state index in [1.54, 1.807) is 0 Å². The Hall–Kier alpha value is -1.71. The number of carbonyl (C=O) groups is 2. The van der Waals surface area contributed by atoms with Crippen LogP contribution in [0.15, 0.2) is 24.3 Å². The van der Waals surface area contributed by atoms with Crippen LogP contribution in [0.4, 0.5) is 4.39 Å². The number of benzene rings is 1. The molecule has 0 heterocycles. The fourth-order valence-electron chi connectivity index (χ4n) is 2.80. The lowest BCUT2D eigenvalue weighted by atomic mass is 10.0. The number of carbonyl (C=O) groups excluding carboxylic acids is 2. The van der Waals surface area contributed by atoms with E-state index in [2.05, 4.69) is 5.32 Å². The molecule has 0 radical (unpaired) electrons. The molecule has 0 saturated heterocycles. The van der Waals surface area contributed by atoms with Crippen molar-refractivity contribution in [2.75, 3.05) is 0 Å². The number of rotatable bonds is 7. The molecule has 2 aliphatic carbocycles. The summed E-state index contributed by atoms with van der Waals surface area (Å²) in [5.74, 6) is 0.818. The second-order valence-electron chi connectivity index (χ2n) is 6.20. The van der Waals surface area contributed by atoms with E-state index in [0.717, 1.165) is 0 Å². The quantitative estimate of drug-likeness (QED) is 0.784. The Labute approximate surface area is 123 Å². The van der Waals surface area contributed by atoms with Crippen LogP contribution in [0.1, 0.15) is 48.9 Å². The zero-order chi connectivity index (χ0) is 14.8. The van der Waals surface area contributed by atoms with Crippen LogP contribution in [0.3, 0.4) is 0 Å². The molecule has 0 unspecified atom stereocenters. The summed E-state index contributed by atoms with van der Waals surface area (Å²) in [7, 11) is 0. The third kappa shape index (κ3) is 3.90. The first-order valence-electron chi connectivity index (χ1n) is 7.71. The minimum absolute atomic E-state index is 0.0331. The summed E-state index contributed by atoms with van der Waals surface area (Å²) in [4.78, 5) is 23.9. The summed E-state index contributed by atoms with van der Waals surface area (Å²) in [6.07, 6.45) is 5.27. The maximum atomic E-state index is 12.8. The minimum atomic E-state index is -0.360. The summed E-state index contributed by atoms with van der Waals surface area (Å²) < 4.78 is 12.8. The van der Waals surface area contributed by atoms with E-state index >= 15 is 0 Å². The van der Waals surface area contributed by atoms with Crippen LogP contribution in [0.25, 0.3) is 0 Å². The first-order valence-corrected chi connectivity index (χ1v) is 7.71. The van der Waals surface area contributed by atoms with Gasteiger partial charge in [0.2, 0.25) is 5.91 Å². The van der Waals surface area contributed by atoms with Gasteiger partial charge in [0.25, 0.3) is 0 Å². The van der Waals surface area contributed by atoms with Crippen molar-refractivity contribution in [3.05, 3.63) is 35.6 Å². The van der Waals surface area contributed by atoms with Gasteiger partial charge in [-0.3, -0.25) is 9.59 Å². The average molecular weight is 289 g/mol. The van der Waals surface area contributed by atoms with Gasteiger partial charge in [-0.2, -0.15) is 0 Å². The van der Waals surface area contributed by atoms with Gasteiger partial charge in [-0.1, -0.05) is 0 Å². The largest absolute Gasteiger partial charge is 0.353 e. The molecule has 0 aromatic heterocycles. The van der Waals surface area contributed by atoms with Crippen molar-refractivity contribution in [1.29, 1.82) is 0 Å². The van der Waals surface area contributed by atoms with E-state index in [1.807, 2.05) is 0 Å². The predicted molar refractivity (Wildman–Crippen MR) is 77.3 cm³/mol. The van der Waals surface area contributed by atoms with Crippen LogP contribution in [-0.4, -0.2) is 17.7 Å². The molecule has 0 aliphatic heterocycles. The Kier molecular flexibility index (Phi) is 4.04. The van der Waals surface area contributed by atoms with Crippen LogP contribution in [0.5, 0.6) is 0 Å². The first kappa shape index (κ1) is 14.2. The molecule has 0 spiro atoms. The second-order valence-corrected chi connectivity index (χ2v) is 6.20. The molecule has 1 amide bonds. The van der Waals surface area contributed by atoms with Crippen LogP contribution in [0.2, 0.25) is 0 Å². The van der Waals surface area contributed by atoms with Gasteiger partial charge in [0, 0.05) is 24.4 Å². The molecule has 3 rings (SSSR count). The number of amides is 1. The molecule has 21 heavy (non-hydrogen) atoms. The smallest absolute Gasteiger partial charge is 0.220 e. The Balaban J connectivity index is 1.46. The minimum Gasteiger partial charge on any atom is -0.353 e. The molecule has 0 atom stereocenters. The lowest BCUT2D eigenvalue weighted by Gasteiger charge is -2.17. The number of hydrogen-bond acceptors (Lipinski definition) is 2. The predicted octanol–water partition coefficient (Wildman–Crippen LogP) is 3.09. The molecule has 112 valence electrons. The Morgan fingerprint density at radius 2 is 1.62 bits per heavy atom. The third-order valence-corrected chi connectivity index (χ3v) is 4.33. The van der Waals surface area contributed by atoms with E-state index in [4.69, 9.17) is 0 Å². The Bertz CT molecular complexity index is 520. The first-order chi connectivity index (χ1) is 10.1. The standard InChI is InChI=1S/C17H20FNO2/c18-14-7-5-11(6-8-14)15(20)9-10-16(21)19-17(12-1-2-12)13-3-4-13/h5-8,12-13,17H,1-4,9-10H2,(H,19,21). The maximum Gasteiger partial charge on any atom is 0.220 e. The van der Waals surface area contributed by atoms with Crippen molar-refractivity contribution in [3.8, 4) is 0 Å². The van der Waals surface area contributed by atoms with Crippen LogP contribution < -0.4 is 5.32 Å². The molecule has 3 nitrogen and oxygen atoms in total. The lowest BCUT2D eigenvalue weighted by molar-refractivity contribution is -0.122. The fraction of sp³-hybridized carbons (Fsp3) is 0.529. The van der Waals surface area contributed by atoms with Gasteiger partial charge in [0.05, 0.1) is 0 Å². The normalized spacial score (nSPS) is 17.8. The number of hydrogen-bond donors (Lipinski definition) is 1. The van der Waals surface area contributed by atoms with Crippen LogP contribution in [0, 0.1) is 17.7 Å². The highest BCUT2D eigenvalue weighted by atomic mass is 19.1. The summed E-state index contributed by atoms with van der Waals surface area (Å²) in [6, 6.07) is 5.80. The zero-order valence-corrected chi connectivity index (χ0v) is 12.0. The van der Waals surface area contributed by atoms with E-state index < -0.39 is 0 Å². The van der Waals surface area contributed by atoms with Gasteiger partial charge in [-0.05, 0) is 61.8 Å². The van der Waals surface area contributed by atoms with Crippen LogP contribution >= 0.6 is 0 Å². The third-order valence-electron chi connectivity index (χ3n) is 4.33. The van der Waals surface area contributed by atoms with Crippen molar-refractivity contribution >= 4 is 11.7 Å². The summed E-state index contributed by atoms with van der Waals surface area (Å²) >= 11 is 0. The van der Waals surface area contributed by atoms with E-state index in [1.165, 1.54) is 49.9 Å². The Morgan fingerprint density at radius 1 is 1.05 bits per heavy atom. The molecular formula is C17H20FNO2. The Morgan fingerprint density at radius 3 is 2.14 bits per heavy atom. The van der Waals surface area contributed by atoms with E-state index in [-0.39, 0.29) is 30.3 Å². The van der Waals surface area contributed by atoms with Crippen molar-refractivity contribution < 1.29 is 14.0 Å². The molecule has 2 fully saturated rings. The average Bonchev–Trinajstić information content (AvgIpc) is 3.36. The highest BCUT2D eigenvalue weighted by molar-refractivity contribution is 5.97. The van der Waals surface area contributed by atoms with Gasteiger partial charge >= 0.3 is 0 Å². The number of Topliss-reactive ketones (excluding diaryl/α,β-unsaturated/α-hetero) is 1. The molecular weight excluding hydrogens is 269 g/mol. The maximum absolute atomic E-state index is 12.8. The highest BCUT2D eigenvalue weighted by Gasteiger charge is 2.42. The molecule has 0 bridgehead atoms. The fourth-order valence-corrected chi connectivity index (χ4v) is 2.80. The summed E-state index contributed by atoms with van der Waals surface area (Å²) in [6.45, 7) is 0.